The second-order valence-corrected chi connectivity index (χ2v) is 7.26. The van der Waals surface area contributed by atoms with Crippen LogP contribution >= 0.6 is 0 Å². The first-order valence-corrected chi connectivity index (χ1v) is 8.55. The Hall–Kier alpha value is 0.137. The van der Waals surface area contributed by atoms with Crippen molar-refractivity contribution in [1.82, 2.24) is 0 Å². The van der Waals surface area contributed by atoms with E-state index < -0.39 is 8.56 Å². The van der Waals surface area contributed by atoms with Crippen LogP contribution < -0.4 is 0 Å². The van der Waals surface area contributed by atoms with Gasteiger partial charge in [0.25, 0.3) is 0 Å². The lowest BCUT2D eigenvalue weighted by Crippen LogP contribution is -2.34. The Labute approximate surface area is 89.9 Å². The molecule has 1 N–H and O–H groups in total. The van der Waals surface area contributed by atoms with Gasteiger partial charge in [0.05, 0.1) is 0 Å². The van der Waals surface area contributed by atoms with Crippen molar-refractivity contribution in [1.29, 1.82) is 0 Å². The Balaban J connectivity index is 3.26. The van der Waals surface area contributed by atoms with Crippen LogP contribution in [-0.2, 0) is 4.43 Å². The second kappa shape index (κ2) is 8.45. The van der Waals surface area contributed by atoms with Crippen LogP contribution in [0.25, 0.3) is 0 Å². The van der Waals surface area contributed by atoms with E-state index in [0.29, 0.717) is 6.61 Å². The van der Waals surface area contributed by atoms with Crippen molar-refractivity contribution in [2.24, 2.45) is 0 Å². The van der Waals surface area contributed by atoms with Crippen molar-refractivity contribution >= 4 is 8.56 Å². The SMILES string of the molecule is CCCCCCCC[Si](C)(O)OCC. The molecule has 0 rings (SSSR count). The third-order valence-electron chi connectivity index (χ3n) is 2.45. The average molecular weight is 218 g/mol. The van der Waals surface area contributed by atoms with E-state index in [1.54, 1.807) is 0 Å². The smallest absolute Gasteiger partial charge is 0.332 e. The maximum atomic E-state index is 9.83. The topological polar surface area (TPSA) is 29.5 Å². The van der Waals surface area contributed by atoms with Crippen LogP contribution in [0.4, 0.5) is 0 Å². The van der Waals surface area contributed by atoms with Crippen LogP contribution in [0.3, 0.4) is 0 Å². The monoisotopic (exact) mass is 218 g/mol. The summed E-state index contributed by atoms with van der Waals surface area (Å²) < 4.78 is 5.35. The second-order valence-electron chi connectivity index (χ2n) is 4.13. The van der Waals surface area contributed by atoms with Crippen LogP contribution in [0.15, 0.2) is 0 Å². The first-order valence-electron chi connectivity index (χ1n) is 5.98. The molecule has 0 aromatic carbocycles. The van der Waals surface area contributed by atoms with Crippen molar-refractivity contribution in [3.63, 3.8) is 0 Å². The summed E-state index contributed by atoms with van der Waals surface area (Å²) in [6.45, 7) is 6.72. The fraction of sp³-hybridized carbons (Fsp3) is 1.00. The molecule has 0 aliphatic heterocycles. The molecule has 0 bridgehead atoms. The zero-order valence-electron chi connectivity index (χ0n) is 10.0. The summed E-state index contributed by atoms with van der Waals surface area (Å²) in [7, 11) is -2.27. The van der Waals surface area contributed by atoms with Gasteiger partial charge in [0.2, 0.25) is 0 Å². The molecule has 14 heavy (non-hydrogen) atoms. The van der Waals surface area contributed by atoms with Gasteiger partial charge in [0.1, 0.15) is 0 Å². The van der Waals surface area contributed by atoms with Crippen molar-refractivity contribution < 1.29 is 9.22 Å². The van der Waals surface area contributed by atoms with E-state index in [-0.39, 0.29) is 0 Å². The van der Waals surface area contributed by atoms with Gasteiger partial charge in [-0.15, -0.1) is 0 Å². The van der Waals surface area contributed by atoms with Gasteiger partial charge in [-0.1, -0.05) is 45.4 Å². The summed E-state index contributed by atoms with van der Waals surface area (Å²) in [4.78, 5) is 9.83. The summed E-state index contributed by atoms with van der Waals surface area (Å²) in [6, 6.07) is 0.896. The van der Waals surface area contributed by atoms with Crippen LogP contribution in [0.2, 0.25) is 12.6 Å². The van der Waals surface area contributed by atoms with Crippen LogP contribution in [-0.4, -0.2) is 20.0 Å². The van der Waals surface area contributed by atoms with Gasteiger partial charge >= 0.3 is 8.56 Å². The molecule has 0 aliphatic rings. The molecular weight excluding hydrogens is 192 g/mol. The predicted octanol–water partition coefficient (Wildman–Crippen LogP) is 3.45. The molecule has 0 heterocycles. The van der Waals surface area contributed by atoms with Crippen molar-refractivity contribution in [3.8, 4) is 0 Å². The zero-order valence-corrected chi connectivity index (χ0v) is 11.0. The summed E-state index contributed by atoms with van der Waals surface area (Å²) in [5.74, 6) is 0. The van der Waals surface area contributed by atoms with Gasteiger partial charge in [-0.3, -0.25) is 0 Å². The fourth-order valence-corrected chi connectivity index (χ4v) is 3.29. The van der Waals surface area contributed by atoms with Gasteiger partial charge in [-0.05, 0) is 19.5 Å². The molecule has 1 unspecified atom stereocenters. The number of unbranched alkanes of at least 4 members (excludes halogenated alkanes) is 5. The molecule has 0 amide bonds. The standard InChI is InChI=1S/C11H26O2Si/c1-4-6-7-8-9-10-11-14(3,12)13-5-2/h12H,4-11H2,1-3H3. The largest absolute Gasteiger partial charge is 0.411 e. The molecular formula is C11H26O2Si. The minimum absolute atomic E-state index is 0.648. The van der Waals surface area contributed by atoms with Crippen LogP contribution in [0.1, 0.15) is 52.4 Å². The van der Waals surface area contributed by atoms with E-state index in [4.69, 9.17) is 4.43 Å². The van der Waals surface area contributed by atoms with E-state index in [1.165, 1.54) is 32.1 Å². The van der Waals surface area contributed by atoms with Crippen LogP contribution in [0, 0.1) is 0 Å². The molecule has 0 saturated heterocycles. The lowest BCUT2D eigenvalue weighted by molar-refractivity contribution is 0.248. The van der Waals surface area contributed by atoms with Gasteiger partial charge < -0.3 is 9.22 Å². The van der Waals surface area contributed by atoms with Crippen molar-refractivity contribution in [2.75, 3.05) is 6.61 Å². The van der Waals surface area contributed by atoms with Crippen LogP contribution in [0.5, 0.6) is 0 Å². The quantitative estimate of drug-likeness (QED) is 0.474. The molecule has 0 aliphatic carbocycles. The van der Waals surface area contributed by atoms with E-state index in [2.05, 4.69) is 6.92 Å². The lowest BCUT2D eigenvalue weighted by atomic mass is 10.1. The van der Waals surface area contributed by atoms with E-state index in [1.807, 2.05) is 13.5 Å². The first kappa shape index (κ1) is 14.1. The van der Waals surface area contributed by atoms with E-state index in [0.717, 1.165) is 12.5 Å². The van der Waals surface area contributed by atoms with Gasteiger partial charge in [-0.25, -0.2) is 0 Å². The minimum atomic E-state index is -2.27. The number of hydrogen-bond donors (Lipinski definition) is 1. The third-order valence-corrected chi connectivity index (χ3v) is 4.64. The molecule has 0 aromatic rings. The van der Waals surface area contributed by atoms with Gasteiger partial charge in [0.15, 0.2) is 0 Å². The number of rotatable bonds is 9. The zero-order chi connectivity index (χ0) is 10.9. The molecule has 0 saturated carbocycles. The molecule has 0 radical (unpaired) electrons. The lowest BCUT2D eigenvalue weighted by Gasteiger charge is -2.18. The highest BCUT2D eigenvalue weighted by Crippen LogP contribution is 2.14. The molecule has 1 atom stereocenters. The highest BCUT2D eigenvalue weighted by atomic mass is 28.4. The number of hydrogen-bond acceptors (Lipinski definition) is 2. The highest BCUT2D eigenvalue weighted by Gasteiger charge is 2.24. The summed E-state index contributed by atoms with van der Waals surface area (Å²) in [6.07, 6.45) is 7.67. The van der Waals surface area contributed by atoms with Crippen molar-refractivity contribution in [2.45, 2.75) is 65.0 Å². The van der Waals surface area contributed by atoms with E-state index in [9.17, 15) is 4.80 Å². The minimum Gasteiger partial charge on any atom is -0.411 e. The third kappa shape index (κ3) is 8.72. The summed E-state index contributed by atoms with van der Waals surface area (Å²) in [5.41, 5.74) is 0. The Kier molecular flexibility index (Phi) is 8.53. The Morgan fingerprint density at radius 3 is 2.14 bits per heavy atom. The molecule has 2 nitrogen and oxygen atoms in total. The van der Waals surface area contributed by atoms with Gasteiger partial charge in [-0.2, -0.15) is 0 Å². The Morgan fingerprint density at radius 1 is 1.00 bits per heavy atom. The predicted molar refractivity (Wildman–Crippen MR) is 63.6 cm³/mol. The molecule has 0 spiro atoms. The molecule has 0 aromatic heterocycles. The van der Waals surface area contributed by atoms with E-state index >= 15 is 0 Å². The molecule has 0 fully saturated rings. The molecule has 86 valence electrons. The first-order chi connectivity index (χ1) is 6.62. The van der Waals surface area contributed by atoms with Gasteiger partial charge in [0, 0.05) is 6.61 Å². The Bertz CT molecular complexity index is 126. The Morgan fingerprint density at radius 2 is 1.57 bits per heavy atom. The average Bonchev–Trinajstić information content (AvgIpc) is 2.11. The highest BCUT2D eigenvalue weighted by molar-refractivity contribution is 6.64. The fourth-order valence-electron chi connectivity index (χ4n) is 1.62. The summed E-state index contributed by atoms with van der Waals surface area (Å²) >= 11 is 0. The molecule has 3 heteroatoms. The van der Waals surface area contributed by atoms with Crippen molar-refractivity contribution in [3.05, 3.63) is 0 Å². The maximum absolute atomic E-state index is 9.83. The maximum Gasteiger partial charge on any atom is 0.332 e. The normalized spacial score (nSPS) is 15.4. The summed E-state index contributed by atoms with van der Waals surface area (Å²) in [5, 5.41) is 0.